The average Bonchev–Trinajstić information content (AvgIpc) is 3.13. The topological polar surface area (TPSA) is 54.0 Å². The molecule has 1 fully saturated rings. The fourth-order valence-corrected chi connectivity index (χ4v) is 3.13. The summed E-state index contributed by atoms with van der Waals surface area (Å²) in [6.07, 6.45) is 5.93. The van der Waals surface area contributed by atoms with E-state index in [1.54, 1.807) is 6.20 Å². The highest BCUT2D eigenvalue weighted by Crippen LogP contribution is 2.15. The molecule has 0 spiro atoms. The Morgan fingerprint density at radius 2 is 2.08 bits per heavy atom. The van der Waals surface area contributed by atoms with Crippen molar-refractivity contribution >= 4 is 5.91 Å². The van der Waals surface area contributed by atoms with Crippen LogP contribution in [-0.2, 0) is 12.8 Å². The number of hydrogen-bond donors (Lipinski definition) is 2. The molecule has 2 aromatic rings. The van der Waals surface area contributed by atoms with E-state index in [0.717, 1.165) is 49.5 Å². The van der Waals surface area contributed by atoms with Gasteiger partial charge in [0.05, 0.1) is 0 Å². The number of benzene rings is 1. The second-order valence-corrected chi connectivity index (χ2v) is 6.44. The van der Waals surface area contributed by atoms with Crippen molar-refractivity contribution in [2.24, 2.45) is 5.92 Å². The molecule has 1 unspecified atom stereocenters. The van der Waals surface area contributed by atoms with Crippen molar-refractivity contribution < 1.29 is 4.79 Å². The smallest absolute Gasteiger partial charge is 0.251 e. The highest BCUT2D eigenvalue weighted by atomic mass is 16.1. The maximum Gasteiger partial charge on any atom is 0.251 e. The van der Waals surface area contributed by atoms with E-state index in [2.05, 4.69) is 27.8 Å². The van der Waals surface area contributed by atoms with E-state index in [0.29, 0.717) is 6.54 Å². The summed E-state index contributed by atoms with van der Waals surface area (Å²) < 4.78 is 0. The average molecular weight is 323 g/mol. The fraction of sp³-hybridized carbons (Fsp3) is 0.400. The lowest BCUT2D eigenvalue weighted by Crippen LogP contribution is -2.24. The number of carbonyl (C=O) groups excluding carboxylic acids is 1. The molecule has 1 aliphatic heterocycles. The minimum atomic E-state index is 0.00473. The van der Waals surface area contributed by atoms with Gasteiger partial charge in [-0.1, -0.05) is 18.2 Å². The van der Waals surface area contributed by atoms with E-state index in [4.69, 9.17) is 0 Å². The molecule has 1 saturated heterocycles. The molecule has 1 amide bonds. The van der Waals surface area contributed by atoms with Crippen molar-refractivity contribution in [1.82, 2.24) is 15.6 Å². The third-order valence-corrected chi connectivity index (χ3v) is 4.52. The van der Waals surface area contributed by atoms with Crippen LogP contribution < -0.4 is 10.6 Å². The Balaban J connectivity index is 1.41. The van der Waals surface area contributed by atoms with Gasteiger partial charge in [-0.25, -0.2) is 0 Å². The van der Waals surface area contributed by atoms with Crippen molar-refractivity contribution in [2.75, 3.05) is 19.6 Å². The number of carbonyl (C=O) groups is 1. The highest BCUT2D eigenvalue weighted by Gasteiger charge is 2.15. The molecule has 126 valence electrons. The number of aromatic nitrogens is 1. The third kappa shape index (κ3) is 4.90. The molecule has 4 nitrogen and oxygen atoms in total. The van der Waals surface area contributed by atoms with Crippen LogP contribution in [0.3, 0.4) is 0 Å². The van der Waals surface area contributed by atoms with E-state index < -0.39 is 0 Å². The maximum atomic E-state index is 12.2. The lowest BCUT2D eigenvalue weighted by atomic mass is 9.98. The van der Waals surface area contributed by atoms with Gasteiger partial charge in [0.1, 0.15) is 0 Å². The zero-order valence-corrected chi connectivity index (χ0v) is 14.0. The molecule has 1 aliphatic rings. The molecule has 0 saturated carbocycles. The van der Waals surface area contributed by atoms with Crippen molar-refractivity contribution in [3.05, 3.63) is 65.5 Å². The molecule has 0 aliphatic carbocycles. The van der Waals surface area contributed by atoms with E-state index in [-0.39, 0.29) is 5.91 Å². The number of amides is 1. The third-order valence-electron chi connectivity index (χ3n) is 4.52. The van der Waals surface area contributed by atoms with Crippen molar-refractivity contribution in [1.29, 1.82) is 0 Å². The molecule has 2 N–H and O–H groups in total. The van der Waals surface area contributed by atoms with Crippen molar-refractivity contribution in [3.63, 3.8) is 0 Å². The van der Waals surface area contributed by atoms with Gasteiger partial charge in [-0.15, -0.1) is 0 Å². The molecule has 4 heteroatoms. The molecule has 0 radical (unpaired) electrons. The number of aryl methyl sites for hydroxylation is 1. The Bertz CT molecular complexity index is 634. The first-order valence-electron chi connectivity index (χ1n) is 8.79. The van der Waals surface area contributed by atoms with Gasteiger partial charge in [0.25, 0.3) is 5.91 Å². The van der Waals surface area contributed by atoms with Crippen LogP contribution in [0.15, 0.2) is 48.7 Å². The predicted octanol–water partition coefficient (Wildman–Crippen LogP) is 2.60. The van der Waals surface area contributed by atoms with Crippen LogP contribution in [0.1, 0.15) is 34.5 Å². The Kier molecular flexibility index (Phi) is 5.96. The van der Waals surface area contributed by atoms with Gasteiger partial charge in [0.2, 0.25) is 0 Å². The lowest BCUT2D eigenvalue weighted by Gasteiger charge is -2.09. The Hall–Kier alpha value is -2.20. The molecule has 1 atom stereocenters. The monoisotopic (exact) mass is 323 g/mol. The first-order chi connectivity index (χ1) is 11.8. The van der Waals surface area contributed by atoms with Crippen LogP contribution in [-0.4, -0.2) is 30.5 Å². The van der Waals surface area contributed by atoms with Crippen LogP contribution in [0.4, 0.5) is 0 Å². The van der Waals surface area contributed by atoms with Gasteiger partial charge in [-0.05, 0) is 74.5 Å². The van der Waals surface area contributed by atoms with Gasteiger partial charge in [-0.2, -0.15) is 0 Å². The van der Waals surface area contributed by atoms with Crippen LogP contribution in [0.25, 0.3) is 0 Å². The van der Waals surface area contributed by atoms with E-state index in [1.807, 2.05) is 30.3 Å². The first-order valence-corrected chi connectivity index (χ1v) is 8.79. The van der Waals surface area contributed by atoms with Crippen LogP contribution >= 0.6 is 0 Å². The van der Waals surface area contributed by atoms with E-state index in [1.165, 1.54) is 12.0 Å². The van der Waals surface area contributed by atoms with Gasteiger partial charge >= 0.3 is 0 Å². The summed E-state index contributed by atoms with van der Waals surface area (Å²) >= 11 is 0. The minimum absolute atomic E-state index is 0.00473. The highest BCUT2D eigenvalue weighted by molar-refractivity contribution is 5.94. The Labute approximate surface area is 143 Å². The van der Waals surface area contributed by atoms with Crippen LogP contribution in [0, 0.1) is 5.92 Å². The normalized spacial score (nSPS) is 16.9. The maximum absolute atomic E-state index is 12.2. The van der Waals surface area contributed by atoms with Gasteiger partial charge < -0.3 is 10.6 Å². The largest absolute Gasteiger partial charge is 0.352 e. The summed E-state index contributed by atoms with van der Waals surface area (Å²) in [6.45, 7) is 2.91. The minimum Gasteiger partial charge on any atom is -0.352 e. The number of nitrogens with one attached hydrogen (secondary N) is 2. The lowest BCUT2D eigenvalue weighted by molar-refractivity contribution is 0.0953. The standard InChI is InChI=1S/C20H25N3O/c24-20(23-12-3-5-19-4-1-2-11-22-19)18-8-6-16(7-9-18)14-17-10-13-21-15-17/h1-2,4,6-9,11,17,21H,3,5,10,12-15H2,(H,23,24). The van der Waals surface area contributed by atoms with Gasteiger partial charge in [0, 0.05) is 24.0 Å². The zero-order valence-electron chi connectivity index (χ0n) is 14.0. The second kappa shape index (κ2) is 8.60. The number of nitrogens with zero attached hydrogens (tertiary/aromatic N) is 1. The van der Waals surface area contributed by atoms with Crippen LogP contribution in [0.2, 0.25) is 0 Å². The van der Waals surface area contributed by atoms with Gasteiger partial charge in [-0.3, -0.25) is 9.78 Å². The summed E-state index contributed by atoms with van der Waals surface area (Å²) in [7, 11) is 0. The summed E-state index contributed by atoms with van der Waals surface area (Å²) in [5, 5.41) is 6.38. The predicted molar refractivity (Wildman–Crippen MR) is 96.0 cm³/mol. The zero-order chi connectivity index (χ0) is 16.6. The quantitative estimate of drug-likeness (QED) is 0.770. The Morgan fingerprint density at radius 3 is 2.79 bits per heavy atom. The molecule has 1 aromatic heterocycles. The van der Waals surface area contributed by atoms with Crippen molar-refractivity contribution in [3.8, 4) is 0 Å². The second-order valence-electron chi connectivity index (χ2n) is 6.44. The molecule has 2 heterocycles. The SMILES string of the molecule is O=C(NCCCc1ccccn1)c1ccc(CC2CCNC2)cc1. The van der Waals surface area contributed by atoms with E-state index >= 15 is 0 Å². The molecular formula is C20H25N3O. The summed E-state index contributed by atoms with van der Waals surface area (Å²) in [5.41, 5.74) is 3.12. The number of pyridine rings is 1. The van der Waals surface area contributed by atoms with Crippen LogP contribution in [0.5, 0.6) is 0 Å². The van der Waals surface area contributed by atoms with E-state index in [9.17, 15) is 4.79 Å². The molecule has 0 bridgehead atoms. The summed E-state index contributed by atoms with van der Waals surface area (Å²) in [5.74, 6) is 0.737. The summed E-state index contributed by atoms with van der Waals surface area (Å²) in [6, 6.07) is 14.0. The van der Waals surface area contributed by atoms with Crippen molar-refractivity contribution in [2.45, 2.75) is 25.7 Å². The molecule has 3 rings (SSSR count). The fourth-order valence-electron chi connectivity index (χ4n) is 3.13. The molecular weight excluding hydrogens is 298 g/mol. The van der Waals surface area contributed by atoms with Gasteiger partial charge in [0.15, 0.2) is 0 Å². The number of hydrogen-bond acceptors (Lipinski definition) is 3. The first kappa shape index (κ1) is 16.7. The Morgan fingerprint density at radius 1 is 1.21 bits per heavy atom. The summed E-state index contributed by atoms with van der Waals surface area (Å²) in [4.78, 5) is 16.5. The molecule has 24 heavy (non-hydrogen) atoms. The number of rotatable bonds is 7. The molecule has 1 aromatic carbocycles.